The normalized spacial score (nSPS) is 11.1. The van der Waals surface area contributed by atoms with E-state index < -0.39 is 0 Å². The van der Waals surface area contributed by atoms with Crippen LogP contribution in [0.3, 0.4) is 0 Å². The summed E-state index contributed by atoms with van der Waals surface area (Å²) >= 11 is 12.5. The monoisotopic (exact) mass is 429 g/mol. The number of carbonyl (C=O) groups is 1. The lowest BCUT2D eigenvalue weighted by molar-refractivity contribution is 0.0991. The van der Waals surface area contributed by atoms with E-state index in [0.717, 1.165) is 10.9 Å². The van der Waals surface area contributed by atoms with Crippen molar-refractivity contribution in [3.63, 3.8) is 0 Å². The van der Waals surface area contributed by atoms with Gasteiger partial charge in [0.05, 0.1) is 19.3 Å². The minimum absolute atomic E-state index is 0.205. The molecule has 2 aromatic carbocycles. The van der Waals surface area contributed by atoms with Gasteiger partial charge in [0, 0.05) is 39.7 Å². The third-order valence-corrected chi connectivity index (χ3v) is 5.23. The van der Waals surface area contributed by atoms with Crippen molar-refractivity contribution >= 4 is 45.9 Å². The first-order chi connectivity index (χ1) is 14.1. The summed E-state index contributed by atoms with van der Waals surface area (Å²) in [6.07, 6.45) is 1.59. The average Bonchev–Trinajstić information content (AvgIpc) is 3.30. The number of ether oxygens (including phenoxy) is 1. The maximum absolute atomic E-state index is 13.0. The summed E-state index contributed by atoms with van der Waals surface area (Å²) in [5, 5.41) is 9.03. The lowest BCUT2D eigenvalue weighted by Gasteiger charge is -2.11. The van der Waals surface area contributed by atoms with E-state index in [1.807, 2.05) is 24.3 Å². The highest BCUT2D eigenvalue weighted by atomic mass is 35.5. The number of carbonyl (C=O) groups excluding carboxylic acids is 1. The SMILES string of the molecule is COCc1c(C(=O)Nc2ccnn2Cc2c(Cl)cccc2Cl)oc2ccccc12. The lowest BCUT2D eigenvalue weighted by Crippen LogP contribution is -2.17. The van der Waals surface area contributed by atoms with Gasteiger partial charge in [-0.3, -0.25) is 4.79 Å². The fraction of sp³-hybridized carbons (Fsp3) is 0.143. The van der Waals surface area contributed by atoms with Gasteiger partial charge in [-0.2, -0.15) is 5.10 Å². The molecule has 0 aliphatic carbocycles. The first kappa shape index (κ1) is 19.5. The van der Waals surface area contributed by atoms with Crippen molar-refractivity contribution in [3.8, 4) is 0 Å². The van der Waals surface area contributed by atoms with Crippen molar-refractivity contribution in [3.05, 3.63) is 81.7 Å². The number of fused-ring (bicyclic) bond motifs is 1. The predicted molar refractivity (Wildman–Crippen MR) is 113 cm³/mol. The number of rotatable bonds is 6. The number of hydrogen-bond acceptors (Lipinski definition) is 4. The van der Waals surface area contributed by atoms with Crippen LogP contribution in [0.15, 0.2) is 59.1 Å². The van der Waals surface area contributed by atoms with E-state index in [-0.39, 0.29) is 18.3 Å². The van der Waals surface area contributed by atoms with Crippen LogP contribution in [0.4, 0.5) is 5.82 Å². The first-order valence-corrected chi connectivity index (χ1v) is 9.59. The van der Waals surface area contributed by atoms with Crippen molar-refractivity contribution in [2.75, 3.05) is 12.4 Å². The van der Waals surface area contributed by atoms with Crippen molar-refractivity contribution < 1.29 is 13.9 Å². The molecule has 6 nitrogen and oxygen atoms in total. The summed E-state index contributed by atoms with van der Waals surface area (Å²) in [6.45, 7) is 0.570. The molecule has 0 saturated carbocycles. The number of nitrogens with one attached hydrogen (secondary N) is 1. The van der Waals surface area contributed by atoms with Gasteiger partial charge in [-0.15, -0.1) is 0 Å². The third-order valence-electron chi connectivity index (χ3n) is 4.52. The number of nitrogens with zero attached hydrogens (tertiary/aromatic N) is 2. The van der Waals surface area contributed by atoms with Gasteiger partial charge in [0.15, 0.2) is 5.76 Å². The zero-order valence-corrected chi connectivity index (χ0v) is 17.0. The Morgan fingerprint density at radius 3 is 2.62 bits per heavy atom. The van der Waals surface area contributed by atoms with Crippen LogP contribution in [-0.2, 0) is 17.9 Å². The van der Waals surface area contributed by atoms with Gasteiger partial charge < -0.3 is 14.5 Å². The van der Waals surface area contributed by atoms with Gasteiger partial charge in [-0.05, 0) is 18.2 Å². The Labute approximate surface area is 177 Å². The zero-order chi connectivity index (χ0) is 20.4. The molecular formula is C21H17Cl2N3O3. The highest BCUT2D eigenvalue weighted by Crippen LogP contribution is 2.28. The molecule has 0 aliphatic heterocycles. The van der Waals surface area contributed by atoms with Crippen LogP contribution in [0.1, 0.15) is 21.7 Å². The van der Waals surface area contributed by atoms with Crippen LogP contribution < -0.4 is 5.32 Å². The van der Waals surface area contributed by atoms with Gasteiger partial charge in [0.1, 0.15) is 11.4 Å². The Morgan fingerprint density at radius 2 is 1.86 bits per heavy atom. The summed E-state index contributed by atoms with van der Waals surface area (Å²) < 4.78 is 12.7. The molecule has 0 bridgehead atoms. The molecule has 1 amide bonds. The minimum Gasteiger partial charge on any atom is -0.451 e. The molecule has 29 heavy (non-hydrogen) atoms. The van der Waals surface area contributed by atoms with E-state index in [0.29, 0.717) is 33.6 Å². The van der Waals surface area contributed by atoms with Crippen molar-refractivity contribution in [2.24, 2.45) is 0 Å². The van der Waals surface area contributed by atoms with E-state index in [4.69, 9.17) is 32.4 Å². The second-order valence-electron chi connectivity index (χ2n) is 6.37. The Hall–Kier alpha value is -2.80. The topological polar surface area (TPSA) is 69.3 Å². The molecule has 148 valence electrons. The number of benzene rings is 2. The summed E-state index contributed by atoms with van der Waals surface area (Å²) in [7, 11) is 1.58. The number of hydrogen-bond donors (Lipinski definition) is 1. The molecule has 1 N–H and O–H groups in total. The number of methoxy groups -OCH3 is 1. The Kier molecular flexibility index (Phi) is 5.58. The number of furan rings is 1. The van der Waals surface area contributed by atoms with Crippen molar-refractivity contribution in [1.29, 1.82) is 0 Å². The number of aromatic nitrogens is 2. The highest BCUT2D eigenvalue weighted by Gasteiger charge is 2.21. The Bertz CT molecular complexity index is 1160. The molecule has 4 rings (SSSR count). The minimum atomic E-state index is -0.389. The van der Waals surface area contributed by atoms with Gasteiger partial charge in [-0.1, -0.05) is 47.5 Å². The fourth-order valence-corrected chi connectivity index (χ4v) is 3.66. The second kappa shape index (κ2) is 8.29. The van der Waals surface area contributed by atoms with Gasteiger partial charge in [0.2, 0.25) is 0 Å². The van der Waals surface area contributed by atoms with E-state index >= 15 is 0 Å². The van der Waals surface area contributed by atoms with Crippen LogP contribution in [-0.4, -0.2) is 22.8 Å². The van der Waals surface area contributed by atoms with Crippen LogP contribution in [0, 0.1) is 0 Å². The summed E-state index contributed by atoms with van der Waals surface area (Å²) in [6, 6.07) is 14.4. The van der Waals surface area contributed by atoms with Crippen LogP contribution in [0.2, 0.25) is 10.0 Å². The number of amides is 1. The Balaban J connectivity index is 1.63. The predicted octanol–water partition coefficient (Wildman–Crippen LogP) is 5.38. The van der Waals surface area contributed by atoms with Crippen molar-refractivity contribution in [2.45, 2.75) is 13.2 Å². The zero-order valence-electron chi connectivity index (χ0n) is 15.5. The largest absolute Gasteiger partial charge is 0.451 e. The molecular weight excluding hydrogens is 413 g/mol. The molecule has 4 aromatic rings. The number of halogens is 2. The molecule has 0 aliphatic rings. The average molecular weight is 430 g/mol. The van der Waals surface area contributed by atoms with Gasteiger partial charge >= 0.3 is 0 Å². The van der Waals surface area contributed by atoms with E-state index in [1.165, 1.54) is 0 Å². The summed E-state index contributed by atoms with van der Waals surface area (Å²) in [4.78, 5) is 13.0. The lowest BCUT2D eigenvalue weighted by atomic mass is 10.1. The molecule has 0 fully saturated rings. The fourth-order valence-electron chi connectivity index (χ4n) is 3.14. The quantitative estimate of drug-likeness (QED) is 0.446. The standard InChI is InChI=1S/C21H17Cl2N3O3/c1-28-12-15-13-5-2-3-8-18(13)29-20(15)21(27)25-19-9-10-24-26(19)11-14-16(22)6-4-7-17(14)23/h2-10H,11-12H2,1H3,(H,25,27). The Morgan fingerprint density at radius 1 is 1.10 bits per heavy atom. The van der Waals surface area contributed by atoms with Gasteiger partial charge in [0.25, 0.3) is 5.91 Å². The third kappa shape index (κ3) is 3.87. The molecule has 0 radical (unpaired) electrons. The number of para-hydroxylation sites is 1. The smallest absolute Gasteiger partial charge is 0.292 e. The van der Waals surface area contributed by atoms with E-state index in [1.54, 1.807) is 42.3 Å². The van der Waals surface area contributed by atoms with Crippen LogP contribution >= 0.6 is 23.2 Å². The maximum atomic E-state index is 13.0. The van der Waals surface area contributed by atoms with Crippen LogP contribution in [0.5, 0.6) is 0 Å². The maximum Gasteiger partial charge on any atom is 0.292 e. The summed E-state index contributed by atoms with van der Waals surface area (Å²) in [5.41, 5.74) is 2.04. The van der Waals surface area contributed by atoms with E-state index in [9.17, 15) is 4.79 Å². The van der Waals surface area contributed by atoms with E-state index in [2.05, 4.69) is 10.4 Å². The highest BCUT2D eigenvalue weighted by molar-refractivity contribution is 6.36. The van der Waals surface area contributed by atoms with Crippen LogP contribution in [0.25, 0.3) is 11.0 Å². The molecule has 0 spiro atoms. The second-order valence-corrected chi connectivity index (χ2v) is 7.18. The number of anilines is 1. The van der Waals surface area contributed by atoms with Gasteiger partial charge in [-0.25, -0.2) is 4.68 Å². The molecule has 2 aromatic heterocycles. The first-order valence-electron chi connectivity index (χ1n) is 8.84. The van der Waals surface area contributed by atoms with Crippen molar-refractivity contribution in [1.82, 2.24) is 9.78 Å². The molecule has 0 unspecified atom stereocenters. The molecule has 8 heteroatoms. The summed E-state index contributed by atoms with van der Waals surface area (Å²) in [5.74, 6) is 0.312. The molecule has 0 saturated heterocycles. The molecule has 2 heterocycles. The molecule has 0 atom stereocenters.